The van der Waals surface area contributed by atoms with E-state index < -0.39 is 59.2 Å². The molecule has 1 amide bonds. The minimum absolute atomic E-state index is 0.0399. The minimum atomic E-state index is -1.66. The van der Waals surface area contributed by atoms with Crippen LogP contribution in [0.25, 0.3) is 0 Å². The lowest BCUT2D eigenvalue weighted by Gasteiger charge is -2.40. The predicted octanol–water partition coefficient (Wildman–Crippen LogP) is 4.68. The lowest BCUT2D eigenvalue weighted by molar-refractivity contribution is -0.123. The number of furan rings is 1. The summed E-state index contributed by atoms with van der Waals surface area (Å²) in [4.78, 5) is 13.7. The standard InChI is InChI=1S/C30H35Cl2F2N3O4/c1-16-7-10-24(41-16)29(2,3)14-23-30(35,20-9-8-17(31)13-22(20)33)25(19-5-4-6-21(32)26(19)34)27(37-23)28(40)36-12-11-18(39)15-38/h4-10,13,18,23,25,27,37-39H,11-12,14-15,35H2,1-3H3,(H,36,40)/t18-,23-,25-,27+,30+/m0/s1. The van der Waals surface area contributed by atoms with E-state index in [9.17, 15) is 9.90 Å². The lowest BCUT2D eigenvalue weighted by Crippen LogP contribution is -2.53. The van der Waals surface area contributed by atoms with Crippen molar-refractivity contribution in [1.82, 2.24) is 10.6 Å². The summed E-state index contributed by atoms with van der Waals surface area (Å²) in [5.41, 5.74) is 5.06. The average Bonchev–Trinajstić information content (AvgIpc) is 3.47. The third-order valence-corrected chi connectivity index (χ3v) is 8.44. The molecular formula is C30H35Cl2F2N3O4. The summed E-state index contributed by atoms with van der Waals surface area (Å²) in [5, 5.41) is 24.9. The molecule has 0 spiro atoms. The molecule has 6 N–H and O–H groups in total. The fourth-order valence-corrected chi connectivity index (χ4v) is 6.10. The van der Waals surface area contributed by atoms with Crippen LogP contribution < -0.4 is 16.4 Å². The number of aliphatic hydroxyl groups is 2. The summed E-state index contributed by atoms with van der Waals surface area (Å²) < 4.78 is 37.4. The molecule has 0 saturated carbocycles. The Hall–Kier alpha value is -2.53. The van der Waals surface area contributed by atoms with E-state index in [0.717, 1.165) is 11.8 Å². The van der Waals surface area contributed by atoms with Crippen molar-refractivity contribution >= 4 is 29.1 Å². The van der Waals surface area contributed by atoms with Crippen LogP contribution in [0.2, 0.25) is 10.0 Å². The Morgan fingerprint density at radius 1 is 1.22 bits per heavy atom. The predicted molar refractivity (Wildman–Crippen MR) is 154 cm³/mol. The van der Waals surface area contributed by atoms with Gasteiger partial charge in [0, 0.05) is 34.5 Å². The Labute approximate surface area is 248 Å². The van der Waals surface area contributed by atoms with E-state index >= 15 is 8.78 Å². The number of hydrogen-bond donors (Lipinski definition) is 5. The highest BCUT2D eigenvalue weighted by Crippen LogP contribution is 2.50. The molecule has 0 bridgehead atoms. The van der Waals surface area contributed by atoms with Crippen LogP contribution in [0.4, 0.5) is 8.78 Å². The van der Waals surface area contributed by atoms with Crippen molar-refractivity contribution in [3.63, 3.8) is 0 Å². The zero-order valence-electron chi connectivity index (χ0n) is 23.1. The summed E-state index contributed by atoms with van der Waals surface area (Å²) in [6.07, 6.45) is -0.640. The number of carbonyl (C=O) groups excluding carboxylic acids is 1. The van der Waals surface area contributed by atoms with Gasteiger partial charge in [-0.3, -0.25) is 4.79 Å². The zero-order chi connectivity index (χ0) is 30.1. The SMILES string of the molecule is Cc1ccc(C(C)(C)C[C@@H]2N[C@@H](C(=O)NCC[C@H](O)CO)[C@H](c3cccc(Cl)c3F)[C@@]2(N)c2ccc(Cl)cc2F)o1. The molecular weight excluding hydrogens is 575 g/mol. The first-order chi connectivity index (χ1) is 19.3. The average molecular weight is 611 g/mol. The maximum absolute atomic E-state index is 15.7. The number of amides is 1. The largest absolute Gasteiger partial charge is 0.466 e. The number of carbonyl (C=O) groups is 1. The van der Waals surface area contributed by atoms with Crippen LogP contribution in [0.5, 0.6) is 0 Å². The van der Waals surface area contributed by atoms with Gasteiger partial charge in [0.15, 0.2) is 0 Å². The van der Waals surface area contributed by atoms with Crippen molar-refractivity contribution in [1.29, 1.82) is 0 Å². The number of halogens is 4. The molecule has 1 fully saturated rings. The molecule has 5 atom stereocenters. The highest BCUT2D eigenvalue weighted by Gasteiger charge is 2.59. The van der Waals surface area contributed by atoms with Crippen LogP contribution in [0.1, 0.15) is 55.3 Å². The van der Waals surface area contributed by atoms with Gasteiger partial charge in [-0.25, -0.2) is 8.78 Å². The Morgan fingerprint density at radius 3 is 2.59 bits per heavy atom. The molecule has 222 valence electrons. The van der Waals surface area contributed by atoms with Crippen LogP contribution in [-0.4, -0.2) is 47.5 Å². The summed E-state index contributed by atoms with van der Waals surface area (Å²) in [7, 11) is 0. The maximum atomic E-state index is 15.7. The second-order valence-corrected chi connectivity index (χ2v) is 12.1. The summed E-state index contributed by atoms with van der Waals surface area (Å²) in [6.45, 7) is 5.31. The quantitative estimate of drug-likeness (QED) is 0.228. The minimum Gasteiger partial charge on any atom is -0.466 e. The van der Waals surface area contributed by atoms with Gasteiger partial charge in [0.2, 0.25) is 5.91 Å². The first-order valence-electron chi connectivity index (χ1n) is 13.4. The molecule has 1 saturated heterocycles. The monoisotopic (exact) mass is 609 g/mol. The van der Waals surface area contributed by atoms with Gasteiger partial charge in [-0.15, -0.1) is 0 Å². The number of aliphatic hydroxyl groups excluding tert-OH is 2. The first-order valence-corrected chi connectivity index (χ1v) is 14.1. The second-order valence-electron chi connectivity index (χ2n) is 11.3. The van der Waals surface area contributed by atoms with Crippen molar-refractivity contribution in [3.8, 4) is 0 Å². The molecule has 0 aliphatic carbocycles. The maximum Gasteiger partial charge on any atom is 0.237 e. The molecule has 7 nitrogen and oxygen atoms in total. The fraction of sp³-hybridized carbons (Fsp3) is 0.433. The Balaban J connectivity index is 1.87. The van der Waals surface area contributed by atoms with Crippen molar-refractivity contribution in [3.05, 3.63) is 92.9 Å². The smallest absolute Gasteiger partial charge is 0.237 e. The molecule has 41 heavy (non-hydrogen) atoms. The molecule has 2 heterocycles. The highest BCUT2D eigenvalue weighted by molar-refractivity contribution is 6.31. The number of aryl methyl sites for hydroxylation is 1. The Bertz CT molecular complexity index is 1400. The van der Waals surface area contributed by atoms with Crippen LogP contribution >= 0.6 is 23.2 Å². The number of rotatable bonds is 10. The van der Waals surface area contributed by atoms with Gasteiger partial charge in [-0.2, -0.15) is 0 Å². The van der Waals surface area contributed by atoms with E-state index in [4.69, 9.17) is 38.5 Å². The van der Waals surface area contributed by atoms with Gasteiger partial charge in [-0.1, -0.05) is 55.2 Å². The molecule has 1 aliphatic heterocycles. The summed E-state index contributed by atoms with van der Waals surface area (Å²) in [5.74, 6) is -1.71. The van der Waals surface area contributed by atoms with Crippen LogP contribution in [-0.2, 0) is 15.7 Å². The van der Waals surface area contributed by atoms with E-state index in [1.54, 1.807) is 6.07 Å². The molecule has 0 radical (unpaired) electrons. The number of nitrogens with two attached hydrogens (primary N) is 1. The van der Waals surface area contributed by atoms with Crippen LogP contribution in [0, 0.1) is 18.6 Å². The topological polar surface area (TPSA) is 121 Å². The lowest BCUT2D eigenvalue weighted by atomic mass is 9.67. The third-order valence-electron chi connectivity index (χ3n) is 7.91. The summed E-state index contributed by atoms with van der Waals surface area (Å²) >= 11 is 12.3. The number of nitrogens with one attached hydrogen (secondary N) is 2. The van der Waals surface area contributed by atoms with Crippen molar-refractivity contribution in [2.24, 2.45) is 5.73 Å². The van der Waals surface area contributed by atoms with E-state index in [0.29, 0.717) is 5.76 Å². The number of hydrogen-bond acceptors (Lipinski definition) is 6. The van der Waals surface area contributed by atoms with Gasteiger partial charge in [0.25, 0.3) is 0 Å². The van der Waals surface area contributed by atoms with E-state index in [1.807, 2.05) is 32.9 Å². The Morgan fingerprint density at radius 2 is 1.95 bits per heavy atom. The van der Waals surface area contributed by atoms with Crippen molar-refractivity contribution in [2.75, 3.05) is 13.2 Å². The molecule has 1 aliphatic rings. The van der Waals surface area contributed by atoms with E-state index in [1.165, 1.54) is 24.3 Å². The molecule has 1 aromatic heterocycles. The van der Waals surface area contributed by atoms with Gasteiger partial charge < -0.3 is 31.0 Å². The first kappa shape index (κ1) is 31.4. The molecule has 11 heteroatoms. The van der Waals surface area contributed by atoms with Crippen LogP contribution in [0.3, 0.4) is 0 Å². The molecule has 2 aromatic carbocycles. The van der Waals surface area contributed by atoms with Crippen molar-refractivity contribution < 1.29 is 28.2 Å². The molecule has 4 rings (SSSR count). The normalized spacial score (nSPS) is 23.5. The van der Waals surface area contributed by atoms with Gasteiger partial charge in [0.05, 0.1) is 29.3 Å². The third kappa shape index (κ3) is 6.30. The highest BCUT2D eigenvalue weighted by atomic mass is 35.5. The Kier molecular flexibility index (Phi) is 9.48. The van der Waals surface area contributed by atoms with E-state index in [-0.39, 0.29) is 40.6 Å². The van der Waals surface area contributed by atoms with Gasteiger partial charge in [-0.05, 0) is 55.7 Å². The fourth-order valence-electron chi connectivity index (χ4n) is 5.76. The van der Waals surface area contributed by atoms with Crippen molar-refractivity contribution in [2.45, 2.75) is 68.7 Å². The summed E-state index contributed by atoms with van der Waals surface area (Å²) in [6, 6.07) is 10.3. The molecule has 3 aromatic rings. The second kappa shape index (κ2) is 12.4. The number of benzene rings is 2. The van der Waals surface area contributed by atoms with Gasteiger partial charge in [0.1, 0.15) is 23.2 Å². The van der Waals surface area contributed by atoms with Gasteiger partial charge >= 0.3 is 0 Å². The van der Waals surface area contributed by atoms with Crippen LogP contribution in [0.15, 0.2) is 52.9 Å². The zero-order valence-corrected chi connectivity index (χ0v) is 24.6. The van der Waals surface area contributed by atoms with E-state index in [2.05, 4.69) is 10.6 Å². The molecule has 0 unspecified atom stereocenters.